The number of ether oxygens (including phenoxy) is 1. The van der Waals surface area contributed by atoms with Crippen molar-refractivity contribution in [1.29, 1.82) is 0 Å². The molecule has 1 amide bonds. The van der Waals surface area contributed by atoms with Crippen LogP contribution in [0.4, 0.5) is 13.6 Å². The standard InChI is InChI=1S/C18H16F2N2O4S/c1-11(26-18(21)23)7-12-10-22(17-15(12)8-13(19)9-16(17)20)27(24,25)14-5-3-2-4-6-14/h2-6,8-11H,7H2,1H3,(H2,21,23)/t11-/m1/s1. The number of carbonyl (C=O) groups excluding carboxylic acids is 1. The van der Waals surface area contributed by atoms with Gasteiger partial charge in [-0.2, -0.15) is 0 Å². The Balaban J connectivity index is 2.21. The van der Waals surface area contributed by atoms with Crippen LogP contribution < -0.4 is 5.73 Å². The van der Waals surface area contributed by atoms with E-state index in [0.29, 0.717) is 11.6 Å². The van der Waals surface area contributed by atoms with Gasteiger partial charge in [-0.1, -0.05) is 18.2 Å². The third kappa shape index (κ3) is 3.63. The lowest BCUT2D eigenvalue weighted by molar-refractivity contribution is 0.116. The fourth-order valence-corrected chi connectivity index (χ4v) is 4.34. The van der Waals surface area contributed by atoms with Gasteiger partial charge in [0, 0.05) is 24.1 Å². The van der Waals surface area contributed by atoms with Crippen molar-refractivity contribution in [3.8, 4) is 0 Å². The number of fused-ring (bicyclic) bond motifs is 1. The van der Waals surface area contributed by atoms with Gasteiger partial charge in [-0.05, 0) is 30.7 Å². The summed E-state index contributed by atoms with van der Waals surface area (Å²) in [6.07, 6.45) is -0.483. The maximum atomic E-state index is 14.5. The number of halogens is 2. The van der Waals surface area contributed by atoms with Gasteiger partial charge in [-0.25, -0.2) is 26.0 Å². The average molecular weight is 394 g/mol. The molecule has 6 nitrogen and oxygen atoms in total. The molecule has 2 N–H and O–H groups in total. The van der Waals surface area contributed by atoms with E-state index in [1.807, 2.05) is 0 Å². The normalized spacial score (nSPS) is 12.9. The van der Waals surface area contributed by atoms with Crippen LogP contribution in [-0.4, -0.2) is 24.6 Å². The number of primary amides is 1. The predicted octanol–water partition coefficient (Wildman–Crippen LogP) is 3.18. The van der Waals surface area contributed by atoms with Gasteiger partial charge < -0.3 is 10.5 Å². The number of carbonyl (C=O) groups is 1. The minimum atomic E-state index is -4.12. The Bertz CT molecular complexity index is 1110. The van der Waals surface area contributed by atoms with Crippen LogP contribution >= 0.6 is 0 Å². The third-order valence-corrected chi connectivity index (χ3v) is 5.67. The summed E-state index contributed by atoms with van der Waals surface area (Å²) in [6, 6.07) is 9.14. The van der Waals surface area contributed by atoms with E-state index in [1.54, 1.807) is 6.07 Å². The van der Waals surface area contributed by atoms with E-state index >= 15 is 0 Å². The molecule has 2 aromatic carbocycles. The van der Waals surface area contributed by atoms with Gasteiger partial charge >= 0.3 is 6.09 Å². The first-order valence-electron chi connectivity index (χ1n) is 7.96. The molecule has 0 aliphatic carbocycles. The van der Waals surface area contributed by atoms with Crippen molar-refractivity contribution in [2.24, 2.45) is 5.73 Å². The van der Waals surface area contributed by atoms with Gasteiger partial charge in [0.2, 0.25) is 0 Å². The molecule has 27 heavy (non-hydrogen) atoms. The van der Waals surface area contributed by atoms with Gasteiger partial charge in [0.15, 0.2) is 5.82 Å². The molecular weight excluding hydrogens is 378 g/mol. The summed E-state index contributed by atoms with van der Waals surface area (Å²) in [7, 11) is -4.12. The van der Waals surface area contributed by atoms with Crippen molar-refractivity contribution in [2.45, 2.75) is 24.3 Å². The molecule has 0 spiro atoms. The number of nitrogens with zero attached hydrogens (tertiary/aromatic N) is 1. The molecule has 3 aromatic rings. The number of hydrogen-bond donors (Lipinski definition) is 1. The Morgan fingerprint density at radius 2 is 1.89 bits per heavy atom. The van der Waals surface area contributed by atoms with E-state index in [9.17, 15) is 22.0 Å². The first-order chi connectivity index (χ1) is 12.7. The van der Waals surface area contributed by atoms with Gasteiger partial charge in [0.25, 0.3) is 10.0 Å². The highest BCUT2D eigenvalue weighted by Gasteiger charge is 2.25. The van der Waals surface area contributed by atoms with Crippen LogP contribution in [0, 0.1) is 11.6 Å². The Labute approximate surface area is 154 Å². The monoisotopic (exact) mass is 394 g/mol. The first-order valence-corrected chi connectivity index (χ1v) is 9.40. The van der Waals surface area contributed by atoms with Gasteiger partial charge in [-0.15, -0.1) is 0 Å². The predicted molar refractivity (Wildman–Crippen MR) is 94.7 cm³/mol. The number of hydrogen-bond acceptors (Lipinski definition) is 4. The van der Waals surface area contributed by atoms with E-state index in [4.69, 9.17) is 10.5 Å². The number of rotatable bonds is 5. The second kappa shape index (κ2) is 6.99. The molecule has 9 heteroatoms. The number of nitrogens with two attached hydrogens (primary N) is 1. The summed E-state index contributed by atoms with van der Waals surface area (Å²) < 4.78 is 59.8. The Kier molecular flexibility index (Phi) is 4.88. The average Bonchev–Trinajstić information content (AvgIpc) is 2.94. The minimum absolute atomic E-state index is 0.0274. The van der Waals surface area contributed by atoms with Gasteiger partial charge in [-0.3, -0.25) is 0 Å². The van der Waals surface area contributed by atoms with E-state index in [-0.39, 0.29) is 22.2 Å². The highest BCUT2D eigenvalue weighted by molar-refractivity contribution is 7.90. The number of amides is 1. The summed E-state index contributed by atoms with van der Waals surface area (Å²) in [5, 5.41) is 0.0759. The summed E-state index contributed by atoms with van der Waals surface area (Å²) in [5.74, 6) is -1.86. The van der Waals surface area contributed by atoms with Gasteiger partial charge in [0.05, 0.1) is 4.90 Å². The molecule has 0 saturated heterocycles. The van der Waals surface area contributed by atoms with Crippen LogP contribution in [0.15, 0.2) is 53.6 Å². The smallest absolute Gasteiger partial charge is 0.404 e. The molecule has 0 aliphatic rings. The maximum absolute atomic E-state index is 14.5. The quantitative estimate of drug-likeness (QED) is 0.719. The highest BCUT2D eigenvalue weighted by Crippen LogP contribution is 2.30. The molecule has 0 aliphatic heterocycles. The highest BCUT2D eigenvalue weighted by atomic mass is 32.2. The Hall–Kier alpha value is -2.94. The number of aromatic nitrogens is 1. The van der Waals surface area contributed by atoms with Crippen molar-refractivity contribution in [2.75, 3.05) is 0 Å². The second-order valence-corrected chi connectivity index (χ2v) is 7.82. The molecule has 0 bridgehead atoms. The molecule has 3 rings (SSSR count). The van der Waals surface area contributed by atoms with E-state index in [2.05, 4.69) is 0 Å². The van der Waals surface area contributed by atoms with Crippen molar-refractivity contribution >= 4 is 27.0 Å². The van der Waals surface area contributed by atoms with Crippen LogP contribution in [0.3, 0.4) is 0 Å². The third-order valence-electron chi connectivity index (χ3n) is 3.99. The van der Waals surface area contributed by atoms with Crippen LogP contribution in [0.5, 0.6) is 0 Å². The van der Waals surface area contributed by atoms with Gasteiger partial charge in [0.1, 0.15) is 17.4 Å². The zero-order chi connectivity index (χ0) is 19.8. The lowest BCUT2D eigenvalue weighted by atomic mass is 10.1. The molecule has 0 fully saturated rings. The zero-order valence-electron chi connectivity index (χ0n) is 14.2. The fraction of sp³-hybridized carbons (Fsp3) is 0.167. The molecule has 0 saturated carbocycles. The summed E-state index contributed by atoms with van der Waals surface area (Å²) >= 11 is 0. The topological polar surface area (TPSA) is 91.4 Å². The second-order valence-electron chi connectivity index (χ2n) is 6.00. The molecule has 0 radical (unpaired) electrons. The Morgan fingerprint density at radius 1 is 1.22 bits per heavy atom. The Morgan fingerprint density at radius 3 is 2.52 bits per heavy atom. The minimum Gasteiger partial charge on any atom is -0.446 e. The summed E-state index contributed by atoms with van der Waals surface area (Å²) in [4.78, 5) is 10.9. The molecule has 1 aromatic heterocycles. The number of benzene rings is 2. The van der Waals surface area contributed by atoms with Crippen molar-refractivity contribution in [1.82, 2.24) is 3.97 Å². The lowest BCUT2D eigenvalue weighted by Crippen LogP contribution is -2.21. The van der Waals surface area contributed by atoms with Crippen LogP contribution in [0.25, 0.3) is 10.9 Å². The first kappa shape index (κ1) is 18.8. The van der Waals surface area contributed by atoms with Crippen molar-refractivity contribution < 1.29 is 26.7 Å². The van der Waals surface area contributed by atoms with Crippen molar-refractivity contribution in [3.63, 3.8) is 0 Å². The SMILES string of the molecule is C[C@H](Cc1cn(S(=O)(=O)c2ccccc2)c2c(F)cc(F)cc12)OC(N)=O. The molecule has 1 heterocycles. The molecule has 1 atom stereocenters. The van der Waals surface area contributed by atoms with Crippen LogP contribution in [0.1, 0.15) is 12.5 Å². The lowest BCUT2D eigenvalue weighted by Gasteiger charge is -2.10. The summed E-state index contributed by atoms with van der Waals surface area (Å²) in [5.41, 5.74) is 5.00. The van der Waals surface area contributed by atoms with Crippen molar-refractivity contribution in [3.05, 3.63) is 65.9 Å². The van der Waals surface area contributed by atoms with E-state index in [1.165, 1.54) is 37.4 Å². The summed E-state index contributed by atoms with van der Waals surface area (Å²) in [6.45, 7) is 1.54. The van der Waals surface area contributed by atoms with E-state index in [0.717, 1.165) is 10.0 Å². The fourth-order valence-electron chi connectivity index (χ4n) is 2.92. The van der Waals surface area contributed by atoms with Crippen LogP contribution in [0.2, 0.25) is 0 Å². The van der Waals surface area contributed by atoms with E-state index < -0.39 is 33.9 Å². The maximum Gasteiger partial charge on any atom is 0.404 e. The van der Waals surface area contributed by atoms with Crippen LogP contribution in [-0.2, 0) is 21.2 Å². The molecule has 0 unspecified atom stereocenters. The zero-order valence-corrected chi connectivity index (χ0v) is 15.0. The largest absolute Gasteiger partial charge is 0.446 e. The molecule has 142 valence electrons. The molecular formula is C18H16F2N2O4S.